The monoisotopic (exact) mass is 347 g/mol. The number of benzene rings is 2. The van der Waals surface area contributed by atoms with E-state index < -0.39 is 17.0 Å². The summed E-state index contributed by atoms with van der Waals surface area (Å²) in [6.07, 6.45) is 0. The number of aliphatic hydroxyl groups excluding tert-OH is 1. The van der Waals surface area contributed by atoms with Crippen molar-refractivity contribution in [3.8, 4) is 5.75 Å². The lowest BCUT2D eigenvalue weighted by molar-refractivity contribution is -0.123. The van der Waals surface area contributed by atoms with Crippen molar-refractivity contribution < 1.29 is 19.4 Å². The molecule has 26 heavy (non-hydrogen) atoms. The Hall–Kier alpha value is -3.21. The third-order valence-corrected chi connectivity index (χ3v) is 4.81. The molecule has 0 radical (unpaired) electrons. The van der Waals surface area contributed by atoms with Crippen molar-refractivity contribution in [1.29, 1.82) is 0 Å². The van der Waals surface area contributed by atoms with E-state index >= 15 is 0 Å². The van der Waals surface area contributed by atoms with Crippen molar-refractivity contribution >= 4 is 17.4 Å². The number of carbonyl (C=O) groups is 2. The number of allylic oxidation sites excluding steroid dienone is 1. The fourth-order valence-corrected chi connectivity index (χ4v) is 3.35. The minimum absolute atomic E-state index is 0.274. The Balaban J connectivity index is 1.81. The third kappa shape index (κ3) is 2.28. The molecule has 0 aromatic heterocycles. The van der Waals surface area contributed by atoms with Crippen molar-refractivity contribution in [1.82, 2.24) is 0 Å². The van der Waals surface area contributed by atoms with Gasteiger partial charge < -0.3 is 9.84 Å². The predicted octanol–water partition coefficient (Wildman–Crippen LogP) is 3.63. The molecule has 1 amide bonds. The highest BCUT2D eigenvalue weighted by Gasteiger charge is 2.48. The number of Topliss-reactive ketones (excluding diaryl/α,β-unsaturated/α-hetero) is 1. The number of nitrogens with zero attached hydrogens (tertiary/aromatic N) is 1. The molecule has 4 rings (SSSR count). The quantitative estimate of drug-likeness (QED) is 0.920. The molecule has 2 aliphatic rings. The smallest absolute Gasteiger partial charge is 0.256 e. The van der Waals surface area contributed by atoms with E-state index in [1.165, 1.54) is 0 Å². The van der Waals surface area contributed by atoms with Gasteiger partial charge >= 0.3 is 0 Å². The summed E-state index contributed by atoms with van der Waals surface area (Å²) >= 11 is 0. The van der Waals surface area contributed by atoms with Crippen LogP contribution in [0, 0.1) is 5.41 Å². The van der Waals surface area contributed by atoms with Crippen LogP contribution in [0.4, 0.5) is 0 Å². The zero-order valence-electron chi connectivity index (χ0n) is 14.4. The SMILES string of the molecule is CC1(C)C(=O)N=C2C1=C(O)C(=O)c1cccc(OCc3ccccc3)c12. The van der Waals surface area contributed by atoms with Gasteiger partial charge in [-0.15, -0.1) is 0 Å². The first-order valence-corrected chi connectivity index (χ1v) is 8.33. The van der Waals surface area contributed by atoms with E-state index in [2.05, 4.69) is 4.99 Å². The van der Waals surface area contributed by atoms with Gasteiger partial charge in [-0.05, 0) is 31.5 Å². The number of aliphatic hydroxyl groups is 1. The molecule has 5 nitrogen and oxygen atoms in total. The largest absolute Gasteiger partial charge is 0.504 e. The summed E-state index contributed by atoms with van der Waals surface area (Å²) in [6.45, 7) is 3.63. The molecule has 1 aliphatic heterocycles. The van der Waals surface area contributed by atoms with Crippen LogP contribution in [-0.4, -0.2) is 22.5 Å². The normalized spacial score (nSPS) is 17.7. The van der Waals surface area contributed by atoms with Gasteiger partial charge in [0.05, 0.1) is 16.7 Å². The van der Waals surface area contributed by atoms with Gasteiger partial charge in [-0.3, -0.25) is 9.59 Å². The molecule has 1 N–H and O–H groups in total. The first kappa shape index (κ1) is 16.3. The van der Waals surface area contributed by atoms with Crippen molar-refractivity contribution in [2.24, 2.45) is 10.4 Å². The third-order valence-electron chi connectivity index (χ3n) is 4.81. The lowest BCUT2D eigenvalue weighted by atomic mass is 9.76. The van der Waals surface area contributed by atoms with Gasteiger partial charge in [0, 0.05) is 11.1 Å². The van der Waals surface area contributed by atoms with Crippen LogP contribution in [-0.2, 0) is 11.4 Å². The molecule has 5 heteroatoms. The Labute approximate surface area is 150 Å². The number of hydrogen-bond donors (Lipinski definition) is 1. The van der Waals surface area contributed by atoms with E-state index in [9.17, 15) is 14.7 Å². The zero-order valence-corrected chi connectivity index (χ0v) is 14.4. The lowest BCUT2D eigenvalue weighted by Crippen LogP contribution is -2.29. The van der Waals surface area contributed by atoms with Crippen molar-refractivity contribution in [3.05, 3.63) is 76.6 Å². The zero-order chi connectivity index (χ0) is 18.5. The van der Waals surface area contributed by atoms with Crippen LogP contribution in [0.25, 0.3) is 0 Å². The van der Waals surface area contributed by atoms with E-state index in [4.69, 9.17) is 4.74 Å². The van der Waals surface area contributed by atoms with E-state index in [0.717, 1.165) is 5.56 Å². The topological polar surface area (TPSA) is 76.0 Å². The number of ether oxygens (including phenoxy) is 1. The van der Waals surface area contributed by atoms with Gasteiger partial charge in [0.25, 0.3) is 5.91 Å². The average molecular weight is 347 g/mol. The molecular formula is C21H17NO4. The molecule has 0 atom stereocenters. The van der Waals surface area contributed by atoms with E-state index in [-0.39, 0.29) is 11.5 Å². The maximum atomic E-state index is 12.7. The Kier molecular flexibility index (Phi) is 3.54. The molecule has 0 spiro atoms. The number of hydrogen-bond acceptors (Lipinski definition) is 4. The van der Waals surface area contributed by atoms with Crippen molar-refractivity contribution in [2.45, 2.75) is 20.5 Å². The van der Waals surface area contributed by atoms with Crippen molar-refractivity contribution in [2.75, 3.05) is 0 Å². The number of amides is 1. The Morgan fingerprint density at radius 2 is 1.77 bits per heavy atom. The summed E-state index contributed by atoms with van der Waals surface area (Å²) in [6, 6.07) is 14.7. The van der Waals surface area contributed by atoms with Gasteiger partial charge in [-0.25, -0.2) is 4.99 Å². The molecule has 0 saturated heterocycles. The Bertz CT molecular complexity index is 1000. The second-order valence-corrected chi connectivity index (χ2v) is 6.90. The summed E-state index contributed by atoms with van der Waals surface area (Å²) in [5.41, 5.74) is 1.31. The number of carbonyl (C=O) groups excluding carboxylic acids is 2. The molecule has 0 bridgehead atoms. The van der Waals surface area contributed by atoms with Crippen LogP contribution in [0.15, 0.2) is 64.9 Å². The van der Waals surface area contributed by atoms with Crippen LogP contribution in [0.2, 0.25) is 0 Å². The fourth-order valence-electron chi connectivity index (χ4n) is 3.35. The van der Waals surface area contributed by atoms with E-state index in [1.54, 1.807) is 32.0 Å². The number of aliphatic imine (C=N–C) groups is 1. The minimum Gasteiger partial charge on any atom is -0.504 e. The first-order chi connectivity index (χ1) is 12.4. The highest BCUT2D eigenvalue weighted by molar-refractivity contribution is 6.34. The molecule has 0 fully saturated rings. The lowest BCUT2D eigenvalue weighted by Gasteiger charge is -2.25. The molecular weight excluding hydrogens is 330 g/mol. The summed E-state index contributed by atoms with van der Waals surface area (Å²) in [7, 11) is 0. The molecule has 2 aromatic carbocycles. The number of rotatable bonds is 3. The summed E-state index contributed by atoms with van der Waals surface area (Å²) in [4.78, 5) is 29.1. The second kappa shape index (κ2) is 5.66. The van der Waals surface area contributed by atoms with Gasteiger partial charge in [0.2, 0.25) is 5.78 Å². The highest BCUT2D eigenvalue weighted by atomic mass is 16.5. The number of fused-ring (bicyclic) bond motifs is 3. The Morgan fingerprint density at radius 1 is 1.04 bits per heavy atom. The molecule has 1 heterocycles. The Morgan fingerprint density at radius 3 is 2.50 bits per heavy atom. The van der Waals surface area contributed by atoms with E-state index in [0.29, 0.717) is 29.2 Å². The number of ketones is 1. The van der Waals surface area contributed by atoms with Gasteiger partial charge in [-0.2, -0.15) is 0 Å². The van der Waals surface area contributed by atoms with Crippen LogP contribution in [0.3, 0.4) is 0 Å². The molecule has 1 aliphatic carbocycles. The fraction of sp³-hybridized carbons (Fsp3) is 0.190. The maximum Gasteiger partial charge on any atom is 0.256 e. The first-order valence-electron chi connectivity index (χ1n) is 8.33. The van der Waals surface area contributed by atoms with Crippen molar-refractivity contribution in [3.63, 3.8) is 0 Å². The highest BCUT2D eigenvalue weighted by Crippen LogP contribution is 2.44. The molecule has 0 saturated carbocycles. The van der Waals surface area contributed by atoms with Crippen LogP contribution < -0.4 is 4.74 Å². The predicted molar refractivity (Wildman–Crippen MR) is 96.5 cm³/mol. The molecule has 2 aromatic rings. The minimum atomic E-state index is -1.04. The van der Waals surface area contributed by atoms with Crippen LogP contribution in [0.1, 0.15) is 35.3 Å². The summed E-state index contributed by atoms with van der Waals surface area (Å²) < 4.78 is 5.94. The van der Waals surface area contributed by atoms with Crippen LogP contribution in [0.5, 0.6) is 5.75 Å². The van der Waals surface area contributed by atoms with Gasteiger partial charge in [0.1, 0.15) is 12.4 Å². The van der Waals surface area contributed by atoms with Gasteiger partial charge in [0.15, 0.2) is 5.76 Å². The standard InChI is InChI=1S/C21H17NO4/c1-21(2)16-17(22-20(21)25)15-13(18(23)19(16)24)9-6-10-14(15)26-11-12-7-4-3-5-8-12/h3-10,24H,11H2,1-2H3. The maximum absolute atomic E-state index is 12.7. The summed E-state index contributed by atoms with van der Waals surface area (Å²) in [5.74, 6) is -0.837. The van der Waals surface area contributed by atoms with Gasteiger partial charge in [-0.1, -0.05) is 36.4 Å². The summed E-state index contributed by atoms with van der Waals surface area (Å²) in [5, 5.41) is 10.4. The average Bonchev–Trinajstić information content (AvgIpc) is 2.88. The molecule has 0 unspecified atom stereocenters. The molecule has 130 valence electrons. The van der Waals surface area contributed by atoms with Crippen LogP contribution >= 0.6 is 0 Å². The van der Waals surface area contributed by atoms with E-state index in [1.807, 2.05) is 30.3 Å². The second-order valence-electron chi connectivity index (χ2n) is 6.90.